The molecule has 0 bridgehead atoms. The molecule has 1 unspecified atom stereocenters. The first-order valence-electron chi connectivity index (χ1n) is 6.02. The molecular formula is C13H19FN2O. The molecule has 0 aliphatic carbocycles. The Morgan fingerprint density at radius 2 is 2.35 bits per heavy atom. The zero-order valence-corrected chi connectivity index (χ0v) is 10.1. The van der Waals surface area contributed by atoms with Crippen LogP contribution in [0.2, 0.25) is 0 Å². The van der Waals surface area contributed by atoms with Crippen molar-refractivity contribution >= 4 is 5.69 Å². The van der Waals surface area contributed by atoms with Gasteiger partial charge in [-0.3, -0.25) is 0 Å². The van der Waals surface area contributed by atoms with Crippen molar-refractivity contribution in [2.45, 2.75) is 19.4 Å². The summed E-state index contributed by atoms with van der Waals surface area (Å²) >= 11 is 0. The fourth-order valence-electron chi connectivity index (χ4n) is 2.38. The lowest BCUT2D eigenvalue weighted by atomic mass is 10.1. The predicted octanol–water partition coefficient (Wildman–Crippen LogP) is 1.66. The van der Waals surface area contributed by atoms with E-state index >= 15 is 0 Å². The van der Waals surface area contributed by atoms with Crippen LogP contribution in [0, 0.1) is 11.7 Å². The summed E-state index contributed by atoms with van der Waals surface area (Å²) in [6.45, 7) is 3.79. The van der Waals surface area contributed by atoms with Gasteiger partial charge in [-0.15, -0.1) is 0 Å². The SMILES string of the molecule is C[C@H](N)c1cc(F)ccc1N1CCC(CO)C1. The number of nitrogens with two attached hydrogens (primary N) is 1. The molecule has 0 saturated carbocycles. The number of anilines is 1. The predicted molar refractivity (Wildman–Crippen MR) is 66.4 cm³/mol. The Bertz CT molecular complexity index is 395. The van der Waals surface area contributed by atoms with Crippen LogP contribution in [0.3, 0.4) is 0 Å². The molecule has 0 aromatic heterocycles. The van der Waals surface area contributed by atoms with Crippen molar-refractivity contribution in [1.29, 1.82) is 0 Å². The Morgan fingerprint density at radius 3 is 2.94 bits per heavy atom. The highest BCUT2D eigenvalue weighted by molar-refractivity contribution is 5.55. The van der Waals surface area contributed by atoms with E-state index < -0.39 is 0 Å². The van der Waals surface area contributed by atoms with Crippen molar-refractivity contribution in [2.75, 3.05) is 24.6 Å². The number of hydrogen-bond acceptors (Lipinski definition) is 3. The molecule has 1 heterocycles. The molecule has 0 spiro atoms. The molecule has 2 atom stereocenters. The summed E-state index contributed by atoms with van der Waals surface area (Å²) in [5.74, 6) is 0.0694. The largest absolute Gasteiger partial charge is 0.396 e. The van der Waals surface area contributed by atoms with E-state index in [2.05, 4.69) is 4.90 Å². The molecule has 1 aliphatic heterocycles. The van der Waals surface area contributed by atoms with E-state index in [1.807, 2.05) is 6.92 Å². The van der Waals surface area contributed by atoms with Gasteiger partial charge in [-0.25, -0.2) is 4.39 Å². The number of aliphatic hydroxyl groups is 1. The van der Waals surface area contributed by atoms with Gasteiger partial charge in [0, 0.05) is 37.3 Å². The van der Waals surface area contributed by atoms with E-state index in [0.717, 1.165) is 30.8 Å². The molecule has 94 valence electrons. The van der Waals surface area contributed by atoms with Crippen LogP contribution in [0.4, 0.5) is 10.1 Å². The van der Waals surface area contributed by atoms with Crippen LogP contribution < -0.4 is 10.6 Å². The second kappa shape index (κ2) is 5.02. The lowest BCUT2D eigenvalue weighted by molar-refractivity contribution is 0.238. The van der Waals surface area contributed by atoms with E-state index in [0.29, 0.717) is 5.92 Å². The van der Waals surface area contributed by atoms with Crippen LogP contribution in [-0.2, 0) is 0 Å². The maximum atomic E-state index is 13.2. The fraction of sp³-hybridized carbons (Fsp3) is 0.538. The fourth-order valence-corrected chi connectivity index (χ4v) is 2.38. The average molecular weight is 238 g/mol. The van der Waals surface area contributed by atoms with Gasteiger partial charge >= 0.3 is 0 Å². The van der Waals surface area contributed by atoms with Gasteiger partial charge in [0.05, 0.1) is 0 Å². The summed E-state index contributed by atoms with van der Waals surface area (Å²) in [6, 6.07) is 4.57. The van der Waals surface area contributed by atoms with Gasteiger partial charge in [0.1, 0.15) is 5.82 Å². The summed E-state index contributed by atoms with van der Waals surface area (Å²) in [5, 5.41) is 9.14. The minimum absolute atomic E-state index is 0.186. The van der Waals surface area contributed by atoms with Gasteiger partial charge in [-0.2, -0.15) is 0 Å². The Morgan fingerprint density at radius 1 is 1.59 bits per heavy atom. The Balaban J connectivity index is 2.26. The third-order valence-electron chi connectivity index (χ3n) is 3.36. The zero-order valence-electron chi connectivity index (χ0n) is 10.1. The van der Waals surface area contributed by atoms with Gasteiger partial charge in [-0.1, -0.05) is 0 Å². The molecule has 0 radical (unpaired) electrons. The van der Waals surface area contributed by atoms with Crippen LogP contribution in [-0.4, -0.2) is 24.8 Å². The highest BCUT2D eigenvalue weighted by Crippen LogP contribution is 2.30. The lowest BCUT2D eigenvalue weighted by Crippen LogP contribution is -2.23. The normalized spacial score (nSPS) is 21.9. The zero-order chi connectivity index (χ0) is 12.4. The van der Waals surface area contributed by atoms with Crippen LogP contribution in [0.5, 0.6) is 0 Å². The molecule has 4 heteroatoms. The van der Waals surface area contributed by atoms with Gasteiger partial charge in [0.2, 0.25) is 0 Å². The molecule has 1 fully saturated rings. The number of halogens is 1. The van der Waals surface area contributed by atoms with Crippen molar-refractivity contribution in [2.24, 2.45) is 11.7 Å². The van der Waals surface area contributed by atoms with Crippen LogP contribution in [0.1, 0.15) is 24.9 Å². The van der Waals surface area contributed by atoms with Crippen LogP contribution in [0.15, 0.2) is 18.2 Å². The highest BCUT2D eigenvalue weighted by Gasteiger charge is 2.24. The maximum absolute atomic E-state index is 13.2. The summed E-state index contributed by atoms with van der Waals surface area (Å²) in [7, 11) is 0. The summed E-state index contributed by atoms with van der Waals surface area (Å²) in [4.78, 5) is 2.18. The smallest absolute Gasteiger partial charge is 0.123 e. The third kappa shape index (κ3) is 2.58. The van der Waals surface area contributed by atoms with Crippen LogP contribution in [0.25, 0.3) is 0 Å². The summed E-state index contributed by atoms with van der Waals surface area (Å²) in [6.07, 6.45) is 0.978. The standard InChI is InChI=1S/C13H19FN2O/c1-9(15)12-6-11(14)2-3-13(12)16-5-4-10(7-16)8-17/h2-3,6,9-10,17H,4-5,7-8,15H2,1H3/t9-,10?/m0/s1. The van der Waals surface area contributed by atoms with E-state index in [9.17, 15) is 4.39 Å². The molecule has 3 N–H and O–H groups in total. The Labute approximate surface area is 101 Å². The van der Waals surface area contributed by atoms with Crippen molar-refractivity contribution < 1.29 is 9.50 Å². The Kier molecular flexibility index (Phi) is 3.64. The number of aliphatic hydroxyl groups excluding tert-OH is 1. The molecule has 1 aromatic rings. The van der Waals surface area contributed by atoms with Gasteiger partial charge < -0.3 is 15.7 Å². The molecule has 1 saturated heterocycles. The maximum Gasteiger partial charge on any atom is 0.123 e. The van der Waals surface area contributed by atoms with Crippen LogP contribution >= 0.6 is 0 Å². The summed E-state index contributed by atoms with van der Waals surface area (Å²) in [5.41, 5.74) is 7.71. The first-order chi connectivity index (χ1) is 8.11. The van der Waals surface area contributed by atoms with E-state index in [4.69, 9.17) is 10.8 Å². The van der Waals surface area contributed by atoms with Crippen molar-refractivity contribution in [3.63, 3.8) is 0 Å². The first-order valence-corrected chi connectivity index (χ1v) is 6.02. The molecular weight excluding hydrogens is 219 g/mol. The van der Waals surface area contributed by atoms with Crippen molar-refractivity contribution in [1.82, 2.24) is 0 Å². The van der Waals surface area contributed by atoms with Crippen molar-refractivity contribution in [3.8, 4) is 0 Å². The average Bonchev–Trinajstić information content (AvgIpc) is 2.77. The van der Waals surface area contributed by atoms with E-state index in [1.54, 1.807) is 6.07 Å². The van der Waals surface area contributed by atoms with E-state index in [1.165, 1.54) is 12.1 Å². The molecule has 1 aliphatic rings. The molecule has 0 amide bonds. The molecule has 3 nitrogen and oxygen atoms in total. The van der Waals surface area contributed by atoms with Crippen molar-refractivity contribution in [3.05, 3.63) is 29.6 Å². The second-order valence-electron chi connectivity index (χ2n) is 4.78. The summed E-state index contributed by atoms with van der Waals surface area (Å²) < 4.78 is 13.2. The third-order valence-corrected chi connectivity index (χ3v) is 3.36. The van der Waals surface area contributed by atoms with E-state index in [-0.39, 0.29) is 18.5 Å². The topological polar surface area (TPSA) is 49.5 Å². The molecule has 17 heavy (non-hydrogen) atoms. The highest BCUT2D eigenvalue weighted by atomic mass is 19.1. The number of rotatable bonds is 3. The lowest BCUT2D eigenvalue weighted by Gasteiger charge is -2.23. The number of hydrogen-bond donors (Lipinski definition) is 2. The monoisotopic (exact) mass is 238 g/mol. The van der Waals surface area contributed by atoms with Gasteiger partial charge in [0.15, 0.2) is 0 Å². The number of nitrogens with zero attached hydrogens (tertiary/aromatic N) is 1. The quantitative estimate of drug-likeness (QED) is 0.842. The Hall–Kier alpha value is -1.13. The minimum atomic E-state index is -0.251. The molecule has 1 aromatic carbocycles. The number of benzene rings is 1. The van der Waals surface area contributed by atoms with Gasteiger partial charge in [0.25, 0.3) is 0 Å². The van der Waals surface area contributed by atoms with Gasteiger partial charge in [-0.05, 0) is 37.1 Å². The first kappa shape index (κ1) is 12.3. The second-order valence-corrected chi connectivity index (χ2v) is 4.78. The minimum Gasteiger partial charge on any atom is -0.396 e. The molecule has 2 rings (SSSR count).